The highest BCUT2D eigenvalue weighted by Gasteiger charge is 2.10. The summed E-state index contributed by atoms with van der Waals surface area (Å²) in [6.07, 6.45) is 3.56. The van der Waals surface area contributed by atoms with Crippen LogP contribution in [-0.2, 0) is 11.2 Å². The molecule has 0 amide bonds. The van der Waals surface area contributed by atoms with Crippen LogP contribution >= 0.6 is 22.9 Å². The number of thiazole rings is 1. The van der Waals surface area contributed by atoms with Crippen LogP contribution in [0.1, 0.15) is 18.5 Å². The number of hydrogen-bond acceptors (Lipinski definition) is 3. The minimum Gasteiger partial charge on any atom is -0.481 e. The Kier molecular flexibility index (Phi) is 3.94. The Morgan fingerprint density at radius 1 is 1.33 bits per heavy atom. The van der Waals surface area contributed by atoms with Crippen LogP contribution in [0.2, 0.25) is 5.02 Å². The van der Waals surface area contributed by atoms with E-state index in [2.05, 4.69) is 4.98 Å². The first kappa shape index (κ1) is 14.1. The summed E-state index contributed by atoms with van der Waals surface area (Å²) in [6.45, 7) is 0. The van der Waals surface area contributed by atoms with Gasteiger partial charge in [-0.2, -0.15) is 0 Å². The Bertz CT molecular complexity index is 777. The molecule has 0 aliphatic rings. The predicted octanol–water partition coefficient (Wildman–Crippen LogP) is 4.12. The van der Waals surface area contributed by atoms with Crippen molar-refractivity contribution in [2.75, 3.05) is 0 Å². The molecule has 2 heterocycles. The zero-order chi connectivity index (χ0) is 14.8. The lowest BCUT2D eigenvalue weighted by Gasteiger charge is -1.98. The molecular weight excluding hydrogens is 308 g/mol. The summed E-state index contributed by atoms with van der Waals surface area (Å²) in [5.74, 6) is -0.756. The van der Waals surface area contributed by atoms with Crippen molar-refractivity contribution in [2.45, 2.75) is 19.3 Å². The van der Waals surface area contributed by atoms with Gasteiger partial charge in [0, 0.05) is 34.3 Å². The van der Waals surface area contributed by atoms with Crippen LogP contribution in [0.25, 0.3) is 16.2 Å². The summed E-state index contributed by atoms with van der Waals surface area (Å²) in [6, 6.07) is 7.58. The molecule has 6 heteroatoms. The Morgan fingerprint density at radius 3 is 2.81 bits per heavy atom. The van der Waals surface area contributed by atoms with Gasteiger partial charge >= 0.3 is 5.97 Å². The zero-order valence-corrected chi connectivity index (χ0v) is 12.7. The van der Waals surface area contributed by atoms with Gasteiger partial charge in [-0.1, -0.05) is 23.7 Å². The molecule has 108 valence electrons. The highest BCUT2D eigenvalue weighted by molar-refractivity contribution is 7.15. The molecule has 0 saturated carbocycles. The smallest absolute Gasteiger partial charge is 0.303 e. The van der Waals surface area contributed by atoms with Gasteiger partial charge in [0.15, 0.2) is 4.96 Å². The van der Waals surface area contributed by atoms with Gasteiger partial charge < -0.3 is 5.11 Å². The van der Waals surface area contributed by atoms with E-state index in [0.29, 0.717) is 11.4 Å². The minimum absolute atomic E-state index is 0.191. The van der Waals surface area contributed by atoms with Gasteiger partial charge in [0.05, 0.1) is 5.69 Å². The second-order valence-corrected chi connectivity index (χ2v) is 6.03. The van der Waals surface area contributed by atoms with Crippen molar-refractivity contribution in [1.82, 2.24) is 9.38 Å². The van der Waals surface area contributed by atoms with E-state index in [1.54, 1.807) is 11.3 Å². The minimum atomic E-state index is -0.756. The molecule has 0 spiro atoms. The number of nitrogens with zero attached hydrogens (tertiary/aromatic N) is 2. The number of fused-ring (bicyclic) bond motifs is 1. The lowest BCUT2D eigenvalue weighted by Crippen LogP contribution is -1.97. The van der Waals surface area contributed by atoms with Gasteiger partial charge in [0.1, 0.15) is 0 Å². The largest absolute Gasteiger partial charge is 0.481 e. The second kappa shape index (κ2) is 5.87. The highest BCUT2D eigenvalue weighted by Crippen LogP contribution is 2.25. The van der Waals surface area contributed by atoms with Gasteiger partial charge in [-0.3, -0.25) is 9.20 Å². The number of rotatable bonds is 5. The Morgan fingerprint density at radius 2 is 2.10 bits per heavy atom. The number of halogens is 1. The summed E-state index contributed by atoms with van der Waals surface area (Å²) in [7, 11) is 0. The SMILES string of the molecule is O=C(O)CCCc1csc2nc(-c3ccc(Cl)cc3)cn12. The lowest BCUT2D eigenvalue weighted by atomic mass is 10.2. The number of aliphatic carboxylic acids is 1. The van der Waals surface area contributed by atoms with E-state index in [1.165, 1.54) is 0 Å². The third kappa shape index (κ3) is 3.09. The lowest BCUT2D eigenvalue weighted by molar-refractivity contribution is -0.137. The molecule has 0 fully saturated rings. The van der Waals surface area contributed by atoms with E-state index in [0.717, 1.165) is 28.3 Å². The van der Waals surface area contributed by atoms with Crippen molar-refractivity contribution in [2.24, 2.45) is 0 Å². The molecule has 4 nitrogen and oxygen atoms in total. The number of carboxylic acids is 1. The van der Waals surface area contributed by atoms with Gasteiger partial charge in [-0.25, -0.2) is 4.98 Å². The summed E-state index contributed by atoms with van der Waals surface area (Å²) >= 11 is 7.46. The van der Waals surface area contributed by atoms with Gasteiger partial charge in [-0.05, 0) is 25.0 Å². The fourth-order valence-electron chi connectivity index (χ4n) is 2.19. The monoisotopic (exact) mass is 320 g/mol. The first-order valence-corrected chi connectivity index (χ1v) is 7.82. The number of carboxylic acid groups (broad SMARTS) is 1. The summed E-state index contributed by atoms with van der Waals surface area (Å²) in [5.41, 5.74) is 3.02. The van der Waals surface area contributed by atoms with Crippen molar-refractivity contribution in [3.63, 3.8) is 0 Å². The van der Waals surface area contributed by atoms with Crippen LogP contribution in [0, 0.1) is 0 Å². The Labute approximate surface area is 130 Å². The van der Waals surface area contributed by atoms with Crippen LogP contribution in [-0.4, -0.2) is 20.5 Å². The van der Waals surface area contributed by atoms with E-state index in [-0.39, 0.29) is 6.42 Å². The third-order valence-corrected chi connectivity index (χ3v) is 4.39. The fraction of sp³-hybridized carbons (Fsp3) is 0.200. The summed E-state index contributed by atoms with van der Waals surface area (Å²) < 4.78 is 2.04. The predicted molar refractivity (Wildman–Crippen MR) is 84.1 cm³/mol. The van der Waals surface area contributed by atoms with Crippen molar-refractivity contribution in [3.8, 4) is 11.3 Å². The van der Waals surface area contributed by atoms with E-state index in [4.69, 9.17) is 16.7 Å². The molecule has 0 unspecified atom stereocenters. The van der Waals surface area contributed by atoms with E-state index < -0.39 is 5.97 Å². The number of imidazole rings is 1. The summed E-state index contributed by atoms with van der Waals surface area (Å²) in [4.78, 5) is 16.1. The van der Waals surface area contributed by atoms with Gasteiger partial charge in [-0.15, -0.1) is 11.3 Å². The normalized spacial score (nSPS) is 11.1. The standard InChI is InChI=1S/C15H13ClN2O2S/c16-11-6-4-10(5-7-11)13-8-18-12(2-1-3-14(19)20)9-21-15(18)17-13/h4-9H,1-3H2,(H,19,20). The topological polar surface area (TPSA) is 54.6 Å². The van der Waals surface area contributed by atoms with Crippen LogP contribution in [0.3, 0.4) is 0 Å². The maximum absolute atomic E-state index is 10.6. The maximum atomic E-state index is 10.6. The third-order valence-electron chi connectivity index (χ3n) is 3.25. The van der Waals surface area contributed by atoms with Crippen LogP contribution in [0.4, 0.5) is 0 Å². The molecule has 3 aromatic rings. The molecule has 3 rings (SSSR count). The average molecular weight is 321 g/mol. The van der Waals surface area contributed by atoms with E-state index >= 15 is 0 Å². The Hall–Kier alpha value is -1.85. The van der Waals surface area contributed by atoms with Gasteiger partial charge in [0.25, 0.3) is 0 Å². The molecule has 21 heavy (non-hydrogen) atoms. The molecule has 0 aliphatic heterocycles. The second-order valence-electron chi connectivity index (χ2n) is 4.76. The Balaban J connectivity index is 1.85. The van der Waals surface area contributed by atoms with Crippen molar-refractivity contribution >= 4 is 33.9 Å². The molecule has 1 N–H and O–H groups in total. The molecular formula is C15H13ClN2O2S. The quantitative estimate of drug-likeness (QED) is 0.769. The van der Waals surface area contributed by atoms with Crippen molar-refractivity contribution in [3.05, 3.63) is 46.6 Å². The van der Waals surface area contributed by atoms with Gasteiger partial charge in [0.2, 0.25) is 0 Å². The van der Waals surface area contributed by atoms with E-state index in [1.807, 2.05) is 40.2 Å². The van der Waals surface area contributed by atoms with Crippen molar-refractivity contribution < 1.29 is 9.90 Å². The number of aromatic nitrogens is 2. The number of benzene rings is 1. The number of carbonyl (C=O) groups is 1. The first-order valence-electron chi connectivity index (χ1n) is 6.56. The molecule has 0 bridgehead atoms. The zero-order valence-electron chi connectivity index (χ0n) is 11.1. The van der Waals surface area contributed by atoms with Crippen molar-refractivity contribution in [1.29, 1.82) is 0 Å². The molecule has 0 radical (unpaired) electrons. The summed E-state index contributed by atoms with van der Waals surface area (Å²) in [5, 5.41) is 11.4. The molecule has 2 aromatic heterocycles. The fourth-order valence-corrected chi connectivity index (χ4v) is 3.22. The van der Waals surface area contributed by atoms with Crippen LogP contribution < -0.4 is 0 Å². The molecule has 0 saturated heterocycles. The molecule has 0 atom stereocenters. The van der Waals surface area contributed by atoms with Crippen LogP contribution in [0.5, 0.6) is 0 Å². The highest BCUT2D eigenvalue weighted by atomic mass is 35.5. The average Bonchev–Trinajstić information content (AvgIpc) is 3.01. The number of hydrogen-bond donors (Lipinski definition) is 1. The molecule has 1 aromatic carbocycles. The van der Waals surface area contributed by atoms with Crippen LogP contribution in [0.15, 0.2) is 35.8 Å². The molecule has 0 aliphatic carbocycles. The first-order chi connectivity index (χ1) is 10.1. The van der Waals surface area contributed by atoms with E-state index in [9.17, 15) is 4.79 Å². The maximum Gasteiger partial charge on any atom is 0.303 e. The number of aryl methyl sites for hydroxylation is 1.